The molecule has 130 valence electrons. The minimum absolute atomic E-state index is 0. The molecule has 0 spiro atoms. The van der Waals surface area contributed by atoms with Crippen molar-refractivity contribution < 1.29 is 47.8 Å². The molecule has 0 unspecified atom stereocenters. The molecule has 0 aliphatic carbocycles. The summed E-state index contributed by atoms with van der Waals surface area (Å²) in [6.45, 7) is 4.36. The van der Waals surface area contributed by atoms with E-state index in [1.54, 1.807) is 0 Å². The van der Waals surface area contributed by atoms with Crippen molar-refractivity contribution in [2.75, 3.05) is 13.2 Å². The van der Waals surface area contributed by atoms with E-state index in [0.717, 1.165) is 25.7 Å². The van der Waals surface area contributed by atoms with Gasteiger partial charge in [0.2, 0.25) is 0 Å². The Morgan fingerprint density at radius 2 is 1.12 bits per heavy atom. The molecule has 0 heterocycles. The fraction of sp³-hybridized carbons (Fsp3) is 0.444. The summed E-state index contributed by atoms with van der Waals surface area (Å²) in [6, 6.07) is 16.7. The first kappa shape index (κ1) is 23.6. The fourth-order valence-corrected chi connectivity index (χ4v) is 2.49. The summed E-state index contributed by atoms with van der Waals surface area (Å²) < 4.78 is 31.0. The monoisotopic (exact) mass is 362 g/mol. The van der Waals surface area contributed by atoms with Gasteiger partial charge in [0.25, 0.3) is 0 Å². The zero-order valence-corrected chi connectivity index (χ0v) is 17.7. The molecule has 0 saturated carbocycles. The van der Waals surface area contributed by atoms with Crippen molar-refractivity contribution in [2.45, 2.75) is 39.5 Å². The SMILES string of the molecule is CCCCOS(=O)(=O)OCCCC.[H-].[Na+].c1ccc2ccccc2c1. The summed E-state index contributed by atoms with van der Waals surface area (Å²) in [7, 11) is -3.73. The minimum atomic E-state index is -3.73. The van der Waals surface area contributed by atoms with Gasteiger partial charge >= 0.3 is 40.0 Å². The van der Waals surface area contributed by atoms with E-state index in [-0.39, 0.29) is 44.2 Å². The van der Waals surface area contributed by atoms with Gasteiger partial charge in [-0.3, -0.25) is 0 Å². The Morgan fingerprint density at radius 3 is 1.42 bits per heavy atom. The van der Waals surface area contributed by atoms with Crippen molar-refractivity contribution in [3.8, 4) is 0 Å². The van der Waals surface area contributed by atoms with Crippen LogP contribution in [0.15, 0.2) is 48.5 Å². The van der Waals surface area contributed by atoms with E-state index in [4.69, 9.17) is 0 Å². The molecule has 4 nitrogen and oxygen atoms in total. The maximum absolute atomic E-state index is 10.9. The number of hydrogen-bond acceptors (Lipinski definition) is 4. The number of hydrogen-bond donors (Lipinski definition) is 0. The number of benzene rings is 2. The zero-order valence-electron chi connectivity index (χ0n) is 15.9. The number of unbranched alkanes of at least 4 members (excludes halogenated alkanes) is 2. The van der Waals surface area contributed by atoms with Gasteiger partial charge in [-0.15, -0.1) is 0 Å². The second-order valence-corrected chi connectivity index (χ2v) is 6.39. The molecule has 0 aliphatic heterocycles. The van der Waals surface area contributed by atoms with Gasteiger partial charge < -0.3 is 1.43 Å². The molecule has 0 bridgehead atoms. The van der Waals surface area contributed by atoms with Gasteiger partial charge in [-0.2, -0.15) is 8.42 Å². The van der Waals surface area contributed by atoms with Crippen LogP contribution in [0.4, 0.5) is 0 Å². The molecular formula is C18H27NaO4S. The molecule has 0 fully saturated rings. The van der Waals surface area contributed by atoms with Gasteiger partial charge in [0.05, 0.1) is 13.2 Å². The van der Waals surface area contributed by atoms with Crippen molar-refractivity contribution in [1.29, 1.82) is 0 Å². The molecule has 2 aromatic rings. The number of rotatable bonds is 8. The van der Waals surface area contributed by atoms with Crippen molar-refractivity contribution in [3.63, 3.8) is 0 Å². The first-order valence-corrected chi connectivity index (χ1v) is 9.40. The van der Waals surface area contributed by atoms with Crippen LogP contribution in [-0.2, 0) is 18.8 Å². The van der Waals surface area contributed by atoms with Crippen LogP contribution < -0.4 is 29.6 Å². The van der Waals surface area contributed by atoms with E-state index in [2.05, 4.69) is 56.9 Å². The van der Waals surface area contributed by atoms with Gasteiger partial charge in [-0.1, -0.05) is 75.2 Å². The maximum atomic E-state index is 10.9. The second-order valence-electron chi connectivity index (χ2n) is 5.11. The Labute approximate surface area is 169 Å². The van der Waals surface area contributed by atoms with E-state index in [1.165, 1.54) is 10.8 Å². The maximum Gasteiger partial charge on any atom is 1.00 e. The standard InChI is InChI=1S/C10H8.C8H18O4S.Na.H/c1-2-6-10-8-4-3-7-9(10)5-1;1-3-5-7-11-13(9,10)12-8-6-4-2;;/h1-8H;3-8H2,1-2H3;;/q;;+1;-1. The molecule has 24 heavy (non-hydrogen) atoms. The molecule has 0 aliphatic rings. The zero-order chi connectivity index (χ0) is 17.0. The second kappa shape index (κ2) is 13.8. The Hall–Kier alpha value is -0.430. The summed E-state index contributed by atoms with van der Waals surface area (Å²) in [4.78, 5) is 0. The first-order chi connectivity index (χ1) is 11.1. The third-order valence-corrected chi connectivity index (χ3v) is 4.02. The molecule has 0 radical (unpaired) electrons. The summed E-state index contributed by atoms with van der Waals surface area (Å²) in [5.74, 6) is 0. The average molecular weight is 362 g/mol. The average Bonchev–Trinajstić information content (AvgIpc) is 2.56. The van der Waals surface area contributed by atoms with Gasteiger partial charge in [0, 0.05) is 0 Å². The summed E-state index contributed by atoms with van der Waals surface area (Å²) in [5.41, 5.74) is 0. The normalized spacial score (nSPS) is 10.6. The summed E-state index contributed by atoms with van der Waals surface area (Å²) in [5, 5.41) is 2.62. The van der Waals surface area contributed by atoms with E-state index in [9.17, 15) is 8.42 Å². The van der Waals surface area contributed by atoms with Crippen molar-refractivity contribution in [3.05, 3.63) is 48.5 Å². The van der Waals surface area contributed by atoms with Crippen LogP contribution in [0.2, 0.25) is 0 Å². The molecule has 0 saturated heterocycles. The van der Waals surface area contributed by atoms with Crippen LogP contribution in [0.5, 0.6) is 0 Å². The molecule has 2 aromatic carbocycles. The van der Waals surface area contributed by atoms with E-state index >= 15 is 0 Å². The van der Waals surface area contributed by atoms with Gasteiger partial charge in [-0.05, 0) is 23.6 Å². The molecule has 0 N–H and O–H groups in total. The van der Waals surface area contributed by atoms with Crippen LogP contribution in [0.1, 0.15) is 41.0 Å². The quantitative estimate of drug-likeness (QED) is 0.531. The molecule has 0 amide bonds. The summed E-state index contributed by atoms with van der Waals surface area (Å²) in [6.07, 6.45) is 3.28. The molecule has 6 heteroatoms. The van der Waals surface area contributed by atoms with Crippen molar-refractivity contribution >= 4 is 21.2 Å². The Kier molecular flexibility index (Phi) is 13.6. The predicted octanol–water partition coefficient (Wildman–Crippen LogP) is 1.82. The third-order valence-electron chi connectivity index (χ3n) is 3.11. The third kappa shape index (κ3) is 10.4. The van der Waals surface area contributed by atoms with Crippen LogP contribution >= 0.6 is 0 Å². The van der Waals surface area contributed by atoms with Crippen LogP contribution in [0, 0.1) is 0 Å². The van der Waals surface area contributed by atoms with E-state index in [1.807, 2.05) is 13.8 Å². The minimum Gasteiger partial charge on any atom is -1.00 e. The molecule has 0 atom stereocenters. The fourth-order valence-electron chi connectivity index (χ4n) is 1.78. The largest absolute Gasteiger partial charge is 1.00 e. The van der Waals surface area contributed by atoms with Crippen molar-refractivity contribution in [1.82, 2.24) is 0 Å². The molecule has 0 aromatic heterocycles. The van der Waals surface area contributed by atoms with Crippen LogP contribution in [-0.4, -0.2) is 21.6 Å². The first-order valence-electron chi connectivity index (χ1n) is 8.06. The molecular weight excluding hydrogens is 335 g/mol. The predicted molar refractivity (Wildman–Crippen MR) is 95.7 cm³/mol. The Bertz CT molecular complexity index is 583. The smallest absolute Gasteiger partial charge is 1.00 e. The Balaban J connectivity index is 0. The van der Waals surface area contributed by atoms with E-state index < -0.39 is 10.4 Å². The van der Waals surface area contributed by atoms with E-state index in [0.29, 0.717) is 0 Å². The van der Waals surface area contributed by atoms with Gasteiger partial charge in [-0.25, -0.2) is 8.37 Å². The van der Waals surface area contributed by atoms with Gasteiger partial charge in [0.15, 0.2) is 0 Å². The van der Waals surface area contributed by atoms with Crippen molar-refractivity contribution in [2.24, 2.45) is 0 Å². The molecule has 2 rings (SSSR count). The van der Waals surface area contributed by atoms with Gasteiger partial charge in [0.1, 0.15) is 0 Å². The topological polar surface area (TPSA) is 52.6 Å². The Morgan fingerprint density at radius 1 is 0.792 bits per heavy atom. The number of fused-ring (bicyclic) bond motifs is 1. The summed E-state index contributed by atoms with van der Waals surface area (Å²) >= 11 is 0. The van der Waals surface area contributed by atoms with Crippen LogP contribution in [0.25, 0.3) is 10.8 Å². The van der Waals surface area contributed by atoms with Crippen LogP contribution in [0.3, 0.4) is 0 Å².